The smallest absolute Gasteiger partial charge is 0.257 e. The van der Waals surface area contributed by atoms with Crippen LogP contribution in [0.15, 0.2) is 29.1 Å². The van der Waals surface area contributed by atoms with Crippen molar-refractivity contribution in [3.05, 3.63) is 57.5 Å². The van der Waals surface area contributed by atoms with Crippen molar-refractivity contribution in [3.63, 3.8) is 0 Å². The van der Waals surface area contributed by atoms with Gasteiger partial charge in [-0.25, -0.2) is 9.37 Å². The molecule has 1 atom stereocenters. The number of morpholine rings is 1. The number of benzene rings is 1. The first-order chi connectivity index (χ1) is 12.0. The van der Waals surface area contributed by atoms with Crippen LogP contribution >= 0.6 is 0 Å². The number of nitrogens with one attached hydrogen (secondary N) is 1. The largest absolute Gasteiger partial charge is 0.496 e. The van der Waals surface area contributed by atoms with Gasteiger partial charge in [0.25, 0.3) is 11.5 Å². The van der Waals surface area contributed by atoms with Crippen LogP contribution in [0.25, 0.3) is 0 Å². The van der Waals surface area contributed by atoms with E-state index in [1.165, 1.54) is 25.3 Å². The molecule has 1 fully saturated rings. The van der Waals surface area contributed by atoms with Crippen molar-refractivity contribution < 1.29 is 18.7 Å². The first-order valence-electron chi connectivity index (χ1n) is 7.80. The second kappa shape index (κ2) is 7.02. The third-order valence-electron chi connectivity index (χ3n) is 3.96. The summed E-state index contributed by atoms with van der Waals surface area (Å²) in [6.07, 6.45) is -0.516. The number of aromatic nitrogens is 2. The number of methoxy groups -OCH3 is 1. The number of aromatic amines is 1. The van der Waals surface area contributed by atoms with Crippen LogP contribution in [0.4, 0.5) is 4.39 Å². The van der Waals surface area contributed by atoms with E-state index in [0.29, 0.717) is 30.4 Å². The van der Waals surface area contributed by atoms with Gasteiger partial charge < -0.3 is 19.4 Å². The molecule has 0 spiro atoms. The first-order valence-corrected chi connectivity index (χ1v) is 7.80. The van der Waals surface area contributed by atoms with Crippen LogP contribution in [0.3, 0.4) is 0 Å². The maximum Gasteiger partial charge on any atom is 0.257 e. The van der Waals surface area contributed by atoms with E-state index < -0.39 is 11.9 Å². The lowest BCUT2D eigenvalue weighted by atomic mass is 10.1. The summed E-state index contributed by atoms with van der Waals surface area (Å²) in [6.45, 7) is 2.54. The van der Waals surface area contributed by atoms with Crippen molar-refractivity contribution in [2.75, 3.05) is 26.8 Å². The van der Waals surface area contributed by atoms with Gasteiger partial charge >= 0.3 is 0 Å². The average molecular weight is 347 g/mol. The summed E-state index contributed by atoms with van der Waals surface area (Å²) in [7, 11) is 1.43. The Morgan fingerprint density at radius 3 is 2.96 bits per heavy atom. The molecular formula is C17H18FN3O4. The predicted molar refractivity (Wildman–Crippen MR) is 87.1 cm³/mol. The van der Waals surface area contributed by atoms with Gasteiger partial charge in [0.1, 0.15) is 23.5 Å². The molecule has 3 rings (SSSR count). The molecule has 1 aromatic carbocycles. The van der Waals surface area contributed by atoms with Crippen LogP contribution in [0, 0.1) is 12.7 Å². The molecule has 0 aliphatic carbocycles. The predicted octanol–water partition coefficient (Wildman–Crippen LogP) is 1.44. The van der Waals surface area contributed by atoms with Crippen LogP contribution in [0.5, 0.6) is 5.75 Å². The zero-order valence-corrected chi connectivity index (χ0v) is 13.9. The van der Waals surface area contributed by atoms with Crippen molar-refractivity contribution in [1.29, 1.82) is 0 Å². The monoisotopic (exact) mass is 347 g/mol. The second-order valence-electron chi connectivity index (χ2n) is 5.71. The molecule has 8 heteroatoms. The number of rotatable bonds is 3. The first kappa shape index (κ1) is 17.1. The van der Waals surface area contributed by atoms with Crippen LogP contribution in [-0.2, 0) is 4.74 Å². The van der Waals surface area contributed by atoms with Crippen LogP contribution in [0.2, 0.25) is 0 Å². The lowest BCUT2D eigenvalue weighted by molar-refractivity contribution is -0.0249. The van der Waals surface area contributed by atoms with Crippen LogP contribution < -0.4 is 10.3 Å². The standard InChI is InChI=1S/C17H18FN3O4/c1-10-19-13(8-16(22)20-10)15-9-21(5-6-25-15)17(23)12-7-11(18)3-4-14(12)24-2/h3-4,7-8,15H,5-6,9H2,1-2H3,(H,19,20,22). The van der Waals surface area contributed by atoms with Gasteiger partial charge in [0.2, 0.25) is 0 Å². The number of hydrogen-bond acceptors (Lipinski definition) is 5. The fourth-order valence-corrected chi connectivity index (χ4v) is 2.80. The summed E-state index contributed by atoms with van der Waals surface area (Å²) < 4.78 is 24.4. The van der Waals surface area contributed by atoms with E-state index in [0.717, 1.165) is 6.07 Å². The number of H-pyrrole nitrogens is 1. The van der Waals surface area contributed by atoms with E-state index in [9.17, 15) is 14.0 Å². The Hall–Kier alpha value is -2.74. The van der Waals surface area contributed by atoms with Gasteiger partial charge in [-0.15, -0.1) is 0 Å². The van der Waals surface area contributed by atoms with Gasteiger partial charge in [-0.05, 0) is 25.1 Å². The number of carbonyl (C=O) groups excluding carboxylic acids is 1. The SMILES string of the molecule is COc1ccc(F)cc1C(=O)N1CCOC(c2cc(=O)[nH]c(C)n2)C1. The number of carbonyl (C=O) groups is 1. The van der Waals surface area contributed by atoms with Gasteiger partial charge in [0.15, 0.2) is 0 Å². The fourth-order valence-electron chi connectivity index (χ4n) is 2.80. The molecule has 0 radical (unpaired) electrons. The Kier molecular flexibility index (Phi) is 4.80. The van der Waals surface area contributed by atoms with E-state index in [-0.39, 0.29) is 23.6 Å². The molecule has 1 aromatic heterocycles. The lowest BCUT2D eigenvalue weighted by Crippen LogP contribution is -2.42. The highest BCUT2D eigenvalue weighted by Crippen LogP contribution is 2.25. The average Bonchev–Trinajstić information content (AvgIpc) is 2.60. The maximum absolute atomic E-state index is 13.5. The van der Waals surface area contributed by atoms with E-state index >= 15 is 0 Å². The Balaban J connectivity index is 1.85. The Labute approximate surface area is 143 Å². The van der Waals surface area contributed by atoms with Gasteiger partial charge in [0.05, 0.1) is 31.5 Å². The van der Waals surface area contributed by atoms with E-state index in [4.69, 9.17) is 9.47 Å². The van der Waals surface area contributed by atoms with E-state index in [2.05, 4.69) is 9.97 Å². The zero-order valence-electron chi connectivity index (χ0n) is 13.9. The van der Waals surface area contributed by atoms with Crippen molar-refractivity contribution >= 4 is 5.91 Å². The normalized spacial score (nSPS) is 17.4. The summed E-state index contributed by atoms with van der Waals surface area (Å²) >= 11 is 0. The molecule has 0 saturated carbocycles. The highest BCUT2D eigenvalue weighted by Gasteiger charge is 2.29. The summed E-state index contributed by atoms with van der Waals surface area (Å²) in [5.41, 5.74) is 0.338. The lowest BCUT2D eigenvalue weighted by Gasteiger charge is -2.33. The summed E-state index contributed by atoms with van der Waals surface area (Å²) in [5.74, 6) is -0.0898. The van der Waals surface area contributed by atoms with Gasteiger partial charge in [-0.1, -0.05) is 0 Å². The van der Waals surface area contributed by atoms with E-state index in [1.807, 2.05) is 0 Å². The molecule has 1 amide bonds. The number of ether oxygens (including phenoxy) is 2. The molecule has 132 valence electrons. The number of nitrogens with zero attached hydrogens (tertiary/aromatic N) is 2. The van der Waals surface area contributed by atoms with Crippen molar-refractivity contribution in [2.45, 2.75) is 13.0 Å². The molecular weight excluding hydrogens is 329 g/mol. The molecule has 2 aromatic rings. The molecule has 1 saturated heterocycles. The van der Waals surface area contributed by atoms with Gasteiger partial charge in [0, 0.05) is 12.6 Å². The minimum Gasteiger partial charge on any atom is -0.496 e. The Bertz CT molecular complexity index is 852. The highest BCUT2D eigenvalue weighted by atomic mass is 19.1. The molecule has 1 aliphatic rings. The minimum absolute atomic E-state index is 0.151. The molecule has 1 N–H and O–H groups in total. The van der Waals surface area contributed by atoms with Gasteiger partial charge in [-0.3, -0.25) is 9.59 Å². The molecule has 25 heavy (non-hydrogen) atoms. The number of hydrogen-bond donors (Lipinski definition) is 1. The van der Waals surface area contributed by atoms with Crippen LogP contribution in [0.1, 0.15) is 28.0 Å². The van der Waals surface area contributed by atoms with Crippen molar-refractivity contribution in [1.82, 2.24) is 14.9 Å². The third kappa shape index (κ3) is 3.69. The topological polar surface area (TPSA) is 84.5 Å². The quantitative estimate of drug-likeness (QED) is 0.908. The minimum atomic E-state index is -0.516. The summed E-state index contributed by atoms with van der Waals surface area (Å²) in [6, 6.07) is 5.17. The second-order valence-corrected chi connectivity index (χ2v) is 5.71. The molecule has 1 aliphatic heterocycles. The summed E-state index contributed by atoms with van der Waals surface area (Å²) in [4.78, 5) is 32.8. The number of halogens is 1. The van der Waals surface area contributed by atoms with Crippen LogP contribution in [-0.4, -0.2) is 47.6 Å². The molecule has 1 unspecified atom stereocenters. The van der Waals surface area contributed by atoms with Gasteiger partial charge in [-0.2, -0.15) is 0 Å². The molecule has 2 heterocycles. The molecule has 0 bridgehead atoms. The Morgan fingerprint density at radius 1 is 1.44 bits per heavy atom. The highest BCUT2D eigenvalue weighted by molar-refractivity contribution is 5.97. The molecule has 7 nitrogen and oxygen atoms in total. The number of amides is 1. The maximum atomic E-state index is 13.5. The van der Waals surface area contributed by atoms with Crippen molar-refractivity contribution in [3.8, 4) is 5.75 Å². The zero-order chi connectivity index (χ0) is 18.0. The van der Waals surface area contributed by atoms with E-state index in [1.54, 1.807) is 11.8 Å². The third-order valence-corrected chi connectivity index (χ3v) is 3.96. The van der Waals surface area contributed by atoms with Crippen molar-refractivity contribution in [2.24, 2.45) is 0 Å². The number of aryl methyl sites for hydroxylation is 1. The Morgan fingerprint density at radius 2 is 2.24 bits per heavy atom. The fraction of sp³-hybridized carbons (Fsp3) is 0.353. The summed E-state index contributed by atoms with van der Waals surface area (Å²) in [5, 5.41) is 0.